The lowest BCUT2D eigenvalue weighted by molar-refractivity contribution is 1.28. The second-order valence-corrected chi connectivity index (χ2v) is 12.8. The van der Waals surface area contributed by atoms with Crippen LogP contribution in [0.5, 0.6) is 0 Å². The van der Waals surface area contributed by atoms with Crippen LogP contribution in [0.3, 0.4) is 0 Å². The third-order valence-corrected chi connectivity index (χ3v) is 10.2. The topological polar surface area (TPSA) is 3.24 Å². The lowest BCUT2D eigenvalue weighted by atomic mass is 9.94. The molecule has 0 radical (unpaired) electrons. The lowest BCUT2D eigenvalue weighted by Crippen LogP contribution is -2.09. The van der Waals surface area contributed by atoms with Gasteiger partial charge < -0.3 is 4.90 Å². The van der Waals surface area contributed by atoms with Crippen molar-refractivity contribution >= 4 is 70.1 Å². The fourth-order valence-corrected chi connectivity index (χ4v) is 8.03. The maximum atomic E-state index is 2.34. The molecule has 0 unspecified atom stereocenters. The number of hydrogen-bond acceptors (Lipinski definition) is 2. The van der Waals surface area contributed by atoms with Crippen molar-refractivity contribution in [2.75, 3.05) is 4.90 Å². The fraction of sp³-hybridized carbons (Fsp3) is 0. The molecule has 9 rings (SSSR count). The third-order valence-electron chi connectivity index (χ3n) is 9.06. The van der Waals surface area contributed by atoms with Gasteiger partial charge in [-0.25, -0.2) is 0 Å². The molecule has 0 spiro atoms. The van der Waals surface area contributed by atoms with Gasteiger partial charge in [-0.05, 0) is 92.3 Å². The second kappa shape index (κ2) is 11.0. The molecular weight excluding hydrogens is 575 g/mol. The zero-order valence-electron chi connectivity index (χ0n) is 25.1. The SMILES string of the molecule is c1ccc(N(c2ccc(-c3cccc4ccccc34)cc2)c2ccc(-c3cccc4ccc5sc6ccccc6c5c34)cc2)cc1. The second-order valence-electron chi connectivity index (χ2n) is 11.7. The molecule has 0 N–H and O–H groups in total. The van der Waals surface area contributed by atoms with Crippen molar-refractivity contribution in [3.63, 3.8) is 0 Å². The molecule has 0 aliphatic heterocycles. The summed E-state index contributed by atoms with van der Waals surface area (Å²) in [6.07, 6.45) is 0. The molecule has 0 aliphatic rings. The van der Waals surface area contributed by atoms with Crippen LogP contribution in [0.1, 0.15) is 0 Å². The van der Waals surface area contributed by atoms with Gasteiger partial charge in [0.25, 0.3) is 0 Å². The van der Waals surface area contributed by atoms with Crippen molar-refractivity contribution in [1.82, 2.24) is 0 Å². The molecule has 0 aliphatic carbocycles. The summed E-state index contributed by atoms with van der Waals surface area (Å²) in [7, 11) is 0. The van der Waals surface area contributed by atoms with Gasteiger partial charge in [-0.3, -0.25) is 0 Å². The van der Waals surface area contributed by atoms with Crippen LogP contribution in [-0.4, -0.2) is 0 Å². The van der Waals surface area contributed by atoms with E-state index < -0.39 is 0 Å². The Morgan fingerprint density at radius 3 is 1.65 bits per heavy atom. The van der Waals surface area contributed by atoms with Gasteiger partial charge in [-0.1, -0.05) is 127 Å². The Bertz CT molecular complexity index is 2500. The van der Waals surface area contributed by atoms with Gasteiger partial charge in [-0.15, -0.1) is 11.3 Å². The molecule has 1 nitrogen and oxygen atoms in total. The van der Waals surface area contributed by atoms with Gasteiger partial charge in [0.2, 0.25) is 0 Å². The van der Waals surface area contributed by atoms with E-state index >= 15 is 0 Å². The van der Waals surface area contributed by atoms with Gasteiger partial charge in [0.05, 0.1) is 0 Å². The van der Waals surface area contributed by atoms with Crippen molar-refractivity contribution in [3.05, 3.63) is 176 Å². The number of anilines is 3. The lowest BCUT2D eigenvalue weighted by Gasteiger charge is -2.26. The summed E-state index contributed by atoms with van der Waals surface area (Å²) >= 11 is 1.88. The molecular formula is C44H29NS. The summed E-state index contributed by atoms with van der Waals surface area (Å²) in [6, 6.07) is 63.8. The van der Waals surface area contributed by atoms with Gasteiger partial charge >= 0.3 is 0 Å². The standard InChI is InChI=1S/C44H29NS/c1-2-13-34(14-3-1)45(35-25-20-31(21-26-35)38-17-8-11-30-10-4-5-15-37(30)38)36-27-22-32(23-28-36)39-18-9-12-33-24-29-42-44(43(33)39)40-16-6-7-19-41(40)46-42/h1-29H. The molecule has 216 valence electrons. The molecule has 1 heterocycles. The zero-order valence-corrected chi connectivity index (χ0v) is 25.9. The fourth-order valence-electron chi connectivity index (χ4n) is 6.92. The minimum Gasteiger partial charge on any atom is -0.311 e. The molecule has 0 saturated carbocycles. The predicted molar refractivity (Wildman–Crippen MR) is 200 cm³/mol. The van der Waals surface area contributed by atoms with E-state index in [9.17, 15) is 0 Å². The smallest absolute Gasteiger partial charge is 0.0462 e. The highest BCUT2D eigenvalue weighted by atomic mass is 32.1. The van der Waals surface area contributed by atoms with Crippen molar-refractivity contribution in [2.24, 2.45) is 0 Å². The van der Waals surface area contributed by atoms with Crippen LogP contribution < -0.4 is 4.90 Å². The van der Waals surface area contributed by atoms with E-state index in [4.69, 9.17) is 0 Å². The van der Waals surface area contributed by atoms with E-state index in [1.54, 1.807) is 0 Å². The van der Waals surface area contributed by atoms with Crippen LogP contribution in [0.25, 0.3) is 64.0 Å². The quantitative estimate of drug-likeness (QED) is 0.189. The molecule has 0 saturated heterocycles. The minimum absolute atomic E-state index is 1.12. The van der Waals surface area contributed by atoms with Crippen molar-refractivity contribution < 1.29 is 0 Å². The Balaban J connectivity index is 1.14. The van der Waals surface area contributed by atoms with Gasteiger partial charge in [0.1, 0.15) is 0 Å². The molecule has 0 atom stereocenters. The van der Waals surface area contributed by atoms with E-state index in [0.29, 0.717) is 0 Å². The Hall–Kier alpha value is -5.70. The molecule has 9 aromatic rings. The van der Waals surface area contributed by atoms with Gasteiger partial charge in [-0.2, -0.15) is 0 Å². The van der Waals surface area contributed by atoms with E-state index in [1.165, 1.54) is 64.0 Å². The highest BCUT2D eigenvalue weighted by Crippen LogP contribution is 2.43. The van der Waals surface area contributed by atoms with E-state index in [0.717, 1.165) is 17.1 Å². The molecule has 8 aromatic carbocycles. The molecule has 0 amide bonds. The van der Waals surface area contributed by atoms with Crippen LogP contribution in [-0.2, 0) is 0 Å². The largest absolute Gasteiger partial charge is 0.311 e. The highest BCUT2D eigenvalue weighted by molar-refractivity contribution is 7.26. The summed E-state index contributed by atoms with van der Waals surface area (Å²) in [6.45, 7) is 0. The van der Waals surface area contributed by atoms with Crippen LogP contribution in [0.2, 0.25) is 0 Å². The summed E-state index contributed by atoms with van der Waals surface area (Å²) in [5.41, 5.74) is 8.33. The number of thiophene rings is 1. The summed E-state index contributed by atoms with van der Waals surface area (Å²) in [5.74, 6) is 0. The first-order valence-corrected chi connectivity index (χ1v) is 16.5. The minimum atomic E-state index is 1.12. The number of nitrogens with zero attached hydrogens (tertiary/aromatic N) is 1. The summed E-state index contributed by atoms with van der Waals surface area (Å²) < 4.78 is 2.67. The number of fused-ring (bicyclic) bond motifs is 6. The van der Waals surface area contributed by atoms with Crippen LogP contribution >= 0.6 is 11.3 Å². The van der Waals surface area contributed by atoms with Gasteiger partial charge in [0, 0.05) is 37.2 Å². The molecule has 2 heteroatoms. The van der Waals surface area contributed by atoms with Crippen LogP contribution in [0.4, 0.5) is 17.1 Å². The maximum Gasteiger partial charge on any atom is 0.0462 e. The normalized spacial score (nSPS) is 11.5. The highest BCUT2D eigenvalue weighted by Gasteiger charge is 2.16. The van der Waals surface area contributed by atoms with Crippen molar-refractivity contribution in [2.45, 2.75) is 0 Å². The first-order valence-electron chi connectivity index (χ1n) is 15.7. The monoisotopic (exact) mass is 603 g/mol. The number of hydrogen-bond donors (Lipinski definition) is 0. The number of para-hydroxylation sites is 1. The Morgan fingerprint density at radius 2 is 0.891 bits per heavy atom. The van der Waals surface area contributed by atoms with Crippen LogP contribution in [0.15, 0.2) is 176 Å². The Labute approximate surface area is 272 Å². The Kier molecular flexibility index (Phi) is 6.40. The number of benzene rings is 8. The maximum absolute atomic E-state index is 2.34. The summed E-state index contributed by atoms with van der Waals surface area (Å²) in [4.78, 5) is 2.34. The Morgan fingerprint density at radius 1 is 0.326 bits per heavy atom. The molecule has 1 aromatic heterocycles. The van der Waals surface area contributed by atoms with E-state index in [-0.39, 0.29) is 0 Å². The zero-order chi connectivity index (χ0) is 30.5. The first-order chi connectivity index (χ1) is 22.8. The molecule has 0 bridgehead atoms. The van der Waals surface area contributed by atoms with Crippen LogP contribution in [0, 0.1) is 0 Å². The number of rotatable bonds is 5. The first kappa shape index (κ1) is 26.7. The predicted octanol–water partition coefficient (Wildman–Crippen LogP) is 13.2. The van der Waals surface area contributed by atoms with E-state index in [1.807, 2.05) is 11.3 Å². The molecule has 0 fully saturated rings. The average Bonchev–Trinajstić information content (AvgIpc) is 3.52. The summed E-state index contributed by atoms with van der Waals surface area (Å²) in [5, 5.41) is 7.82. The molecule has 46 heavy (non-hydrogen) atoms. The van der Waals surface area contributed by atoms with E-state index in [2.05, 4.69) is 181 Å². The average molecular weight is 604 g/mol. The van der Waals surface area contributed by atoms with Crippen molar-refractivity contribution in [3.8, 4) is 22.3 Å². The van der Waals surface area contributed by atoms with Gasteiger partial charge in [0.15, 0.2) is 0 Å². The van der Waals surface area contributed by atoms with Crippen molar-refractivity contribution in [1.29, 1.82) is 0 Å². The third kappa shape index (κ3) is 4.46.